The van der Waals surface area contributed by atoms with Crippen molar-refractivity contribution >= 4 is 5.91 Å². The molecular weight excluding hydrogens is 266 g/mol. The third kappa shape index (κ3) is 3.42. The molecular formula is C16H19N3O2. The fourth-order valence-corrected chi connectivity index (χ4v) is 2.44. The van der Waals surface area contributed by atoms with Gasteiger partial charge in [0, 0.05) is 36.5 Å². The zero-order valence-corrected chi connectivity index (χ0v) is 11.8. The minimum Gasteiger partial charge on any atom is -0.508 e. The highest BCUT2D eigenvalue weighted by Gasteiger charge is 2.26. The van der Waals surface area contributed by atoms with Gasteiger partial charge in [-0.2, -0.15) is 5.10 Å². The van der Waals surface area contributed by atoms with E-state index in [-0.39, 0.29) is 11.7 Å². The molecule has 0 bridgehead atoms. The van der Waals surface area contributed by atoms with Crippen molar-refractivity contribution in [3.05, 3.63) is 47.8 Å². The molecule has 5 heteroatoms. The van der Waals surface area contributed by atoms with Gasteiger partial charge in [-0.25, -0.2) is 0 Å². The summed E-state index contributed by atoms with van der Waals surface area (Å²) >= 11 is 0. The summed E-state index contributed by atoms with van der Waals surface area (Å²) in [6.07, 6.45) is 5.21. The van der Waals surface area contributed by atoms with Crippen LogP contribution in [0.4, 0.5) is 0 Å². The topological polar surface area (TPSA) is 67.2 Å². The number of carbonyl (C=O) groups excluding carboxylic acids is 1. The maximum atomic E-state index is 11.9. The SMILES string of the molecule is O=C(NCCCn1nccc1C1CC1)c1cccc(O)c1. The van der Waals surface area contributed by atoms with Gasteiger partial charge in [0.2, 0.25) is 0 Å². The van der Waals surface area contributed by atoms with Crippen LogP contribution in [0.25, 0.3) is 0 Å². The minimum absolute atomic E-state index is 0.105. The number of amides is 1. The highest BCUT2D eigenvalue weighted by Crippen LogP contribution is 2.39. The fourth-order valence-electron chi connectivity index (χ4n) is 2.44. The van der Waals surface area contributed by atoms with Gasteiger partial charge in [0.1, 0.15) is 5.75 Å². The molecule has 3 rings (SSSR count). The summed E-state index contributed by atoms with van der Waals surface area (Å²) in [5, 5.41) is 16.6. The van der Waals surface area contributed by atoms with Gasteiger partial charge in [-0.05, 0) is 43.5 Å². The summed E-state index contributed by atoms with van der Waals surface area (Å²) in [7, 11) is 0. The number of benzene rings is 1. The van der Waals surface area contributed by atoms with E-state index >= 15 is 0 Å². The maximum Gasteiger partial charge on any atom is 0.251 e. The number of hydrogen-bond donors (Lipinski definition) is 2. The van der Waals surface area contributed by atoms with E-state index < -0.39 is 0 Å². The molecule has 21 heavy (non-hydrogen) atoms. The average Bonchev–Trinajstić information content (AvgIpc) is 3.22. The Hall–Kier alpha value is -2.30. The van der Waals surface area contributed by atoms with Crippen LogP contribution in [0.15, 0.2) is 36.5 Å². The Balaban J connectivity index is 1.45. The number of nitrogens with zero attached hydrogens (tertiary/aromatic N) is 2. The lowest BCUT2D eigenvalue weighted by atomic mass is 10.2. The van der Waals surface area contributed by atoms with E-state index in [1.165, 1.54) is 24.6 Å². The number of phenolic OH excluding ortho intramolecular Hbond substituents is 1. The van der Waals surface area contributed by atoms with E-state index in [0.717, 1.165) is 13.0 Å². The molecule has 0 atom stereocenters. The summed E-state index contributed by atoms with van der Waals surface area (Å²) in [6, 6.07) is 8.45. The highest BCUT2D eigenvalue weighted by molar-refractivity contribution is 5.94. The summed E-state index contributed by atoms with van der Waals surface area (Å²) in [5.74, 6) is 0.636. The molecule has 0 saturated heterocycles. The number of aromatic nitrogens is 2. The summed E-state index contributed by atoms with van der Waals surface area (Å²) in [6.45, 7) is 1.41. The zero-order valence-electron chi connectivity index (χ0n) is 11.8. The smallest absolute Gasteiger partial charge is 0.251 e. The molecule has 1 aromatic heterocycles. The number of aromatic hydroxyl groups is 1. The molecule has 1 aromatic carbocycles. The molecule has 1 fully saturated rings. The quantitative estimate of drug-likeness (QED) is 0.800. The van der Waals surface area contributed by atoms with Crippen molar-refractivity contribution in [2.24, 2.45) is 0 Å². The van der Waals surface area contributed by atoms with Gasteiger partial charge in [-0.3, -0.25) is 9.48 Å². The van der Waals surface area contributed by atoms with Crippen LogP contribution in [0.1, 0.15) is 41.2 Å². The van der Waals surface area contributed by atoms with Crippen molar-refractivity contribution in [1.82, 2.24) is 15.1 Å². The van der Waals surface area contributed by atoms with Crippen LogP contribution in [0.2, 0.25) is 0 Å². The van der Waals surface area contributed by atoms with E-state index in [4.69, 9.17) is 0 Å². The first kappa shape index (κ1) is 13.7. The third-order valence-electron chi connectivity index (χ3n) is 3.69. The molecule has 1 heterocycles. The van der Waals surface area contributed by atoms with Gasteiger partial charge in [0.25, 0.3) is 5.91 Å². The lowest BCUT2D eigenvalue weighted by molar-refractivity contribution is 0.0952. The van der Waals surface area contributed by atoms with Crippen LogP contribution in [0.3, 0.4) is 0 Å². The lowest BCUT2D eigenvalue weighted by Crippen LogP contribution is -2.25. The number of hydrogen-bond acceptors (Lipinski definition) is 3. The standard InChI is InChI=1S/C16H19N3O2/c20-14-4-1-3-13(11-14)16(21)17-8-2-10-19-15(7-9-18-19)12-5-6-12/h1,3-4,7,9,11-12,20H,2,5-6,8,10H2,(H,17,21). The molecule has 2 N–H and O–H groups in total. The van der Waals surface area contributed by atoms with Gasteiger partial charge in [0.15, 0.2) is 0 Å². The van der Waals surface area contributed by atoms with Crippen LogP contribution >= 0.6 is 0 Å². The van der Waals surface area contributed by atoms with Crippen LogP contribution in [-0.2, 0) is 6.54 Å². The first-order chi connectivity index (χ1) is 10.2. The van der Waals surface area contributed by atoms with E-state index in [0.29, 0.717) is 18.0 Å². The van der Waals surface area contributed by atoms with Gasteiger partial charge in [-0.1, -0.05) is 6.07 Å². The molecule has 0 unspecified atom stereocenters. The largest absolute Gasteiger partial charge is 0.508 e. The van der Waals surface area contributed by atoms with Gasteiger partial charge < -0.3 is 10.4 Å². The van der Waals surface area contributed by atoms with Crippen LogP contribution in [0.5, 0.6) is 5.75 Å². The summed E-state index contributed by atoms with van der Waals surface area (Å²) in [5.41, 5.74) is 1.79. The van der Waals surface area contributed by atoms with Crippen molar-refractivity contribution in [2.75, 3.05) is 6.54 Å². The van der Waals surface area contributed by atoms with Gasteiger partial charge >= 0.3 is 0 Å². The monoisotopic (exact) mass is 285 g/mol. The zero-order chi connectivity index (χ0) is 14.7. The first-order valence-corrected chi connectivity index (χ1v) is 7.33. The van der Waals surface area contributed by atoms with E-state index in [9.17, 15) is 9.90 Å². The van der Waals surface area contributed by atoms with Gasteiger partial charge in [-0.15, -0.1) is 0 Å². The summed E-state index contributed by atoms with van der Waals surface area (Å²) < 4.78 is 2.04. The molecule has 1 aliphatic rings. The molecule has 1 amide bonds. The molecule has 0 aliphatic heterocycles. The molecule has 0 spiro atoms. The predicted molar refractivity (Wildman–Crippen MR) is 79.3 cm³/mol. The number of phenols is 1. The second-order valence-electron chi connectivity index (χ2n) is 5.41. The van der Waals surface area contributed by atoms with Crippen molar-refractivity contribution in [3.63, 3.8) is 0 Å². The van der Waals surface area contributed by atoms with Crippen molar-refractivity contribution < 1.29 is 9.90 Å². The Morgan fingerprint density at radius 1 is 1.38 bits per heavy atom. The third-order valence-corrected chi connectivity index (χ3v) is 3.69. The molecule has 1 saturated carbocycles. The van der Waals surface area contributed by atoms with Crippen LogP contribution < -0.4 is 5.32 Å². The second kappa shape index (κ2) is 5.99. The lowest BCUT2D eigenvalue weighted by Gasteiger charge is -2.08. The molecule has 2 aromatic rings. The fraction of sp³-hybridized carbons (Fsp3) is 0.375. The van der Waals surface area contributed by atoms with E-state index in [1.807, 2.05) is 10.9 Å². The van der Waals surface area contributed by atoms with Crippen LogP contribution in [-0.4, -0.2) is 27.3 Å². The maximum absolute atomic E-state index is 11.9. The number of nitrogens with one attached hydrogen (secondary N) is 1. The predicted octanol–water partition coefficient (Wildman–Crippen LogP) is 2.29. The molecule has 0 radical (unpaired) electrons. The summed E-state index contributed by atoms with van der Waals surface area (Å²) in [4.78, 5) is 11.9. The van der Waals surface area contributed by atoms with E-state index in [1.54, 1.807) is 18.2 Å². The first-order valence-electron chi connectivity index (χ1n) is 7.33. The van der Waals surface area contributed by atoms with Crippen LogP contribution in [0, 0.1) is 0 Å². The Labute approximate surface area is 123 Å². The van der Waals surface area contributed by atoms with Gasteiger partial charge in [0.05, 0.1) is 0 Å². The minimum atomic E-state index is -0.159. The Morgan fingerprint density at radius 3 is 3.00 bits per heavy atom. The Bertz CT molecular complexity index is 632. The molecule has 5 nitrogen and oxygen atoms in total. The number of rotatable bonds is 6. The average molecular weight is 285 g/mol. The second-order valence-corrected chi connectivity index (χ2v) is 5.41. The van der Waals surface area contributed by atoms with Crippen molar-refractivity contribution in [3.8, 4) is 5.75 Å². The normalized spacial score (nSPS) is 14.1. The van der Waals surface area contributed by atoms with E-state index in [2.05, 4.69) is 16.5 Å². The Morgan fingerprint density at radius 2 is 2.24 bits per heavy atom. The number of carbonyl (C=O) groups is 1. The Kier molecular flexibility index (Phi) is 3.90. The number of aryl methyl sites for hydroxylation is 1. The molecule has 1 aliphatic carbocycles. The van der Waals surface area contributed by atoms with Crippen molar-refractivity contribution in [1.29, 1.82) is 0 Å². The molecule has 110 valence electrons. The highest BCUT2D eigenvalue weighted by atomic mass is 16.3. The van der Waals surface area contributed by atoms with Crippen molar-refractivity contribution in [2.45, 2.75) is 31.7 Å².